The molecule has 2 aromatic carbocycles. The predicted molar refractivity (Wildman–Crippen MR) is 137 cm³/mol. The number of nitrogens with one attached hydrogen (secondary N) is 3. The van der Waals surface area contributed by atoms with Gasteiger partial charge in [-0.3, -0.25) is 4.79 Å². The van der Waals surface area contributed by atoms with E-state index in [1.807, 2.05) is 4.72 Å². The van der Waals surface area contributed by atoms with Crippen LogP contribution in [0.25, 0.3) is 0 Å². The molecule has 36 heavy (non-hydrogen) atoms. The first-order valence-electron chi connectivity index (χ1n) is 11.1. The number of carbonyl (C=O) groups excluding carboxylic acids is 2. The van der Waals surface area contributed by atoms with Crippen LogP contribution in [0.2, 0.25) is 5.02 Å². The summed E-state index contributed by atoms with van der Waals surface area (Å²) >= 11 is 5.98. The Morgan fingerprint density at radius 1 is 1.06 bits per heavy atom. The molecule has 1 saturated heterocycles. The summed E-state index contributed by atoms with van der Waals surface area (Å²) in [5.41, 5.74) is 0.801. The lowest BCUT2D eigenvalue weighted by molar-refractivity contribution is 0.0947. The average Bonchev–Trinajstić information content (AvgIpc) is 2.84. The van der Waals surface area contributed by atoms with Crippen LogP contribution in [0.5, 0.6) is 11.5 Å². The van der Waals surface area contributed by atoms with Crippen molar-refractivity contribution in [2.45, 2.75) is 19.3 Å². The van der Waals surface area contributed by atoms with Crippen LogP contribution < -0.4 is 24.8 Å². The molecule has 1 aliphatic heterocycles. The second-order valence-electron chi connectivity index (χ2n) is 8.02. The smallest absolute Gasteiger partial charge is 0.333 e. The highest BCUT2D eigenvalue weighted by atomic mass is 35.5. The van der Waals surface area contributed by atoms with Gasteiger partial charge in [-0.15, -0.1) is 0 Å². The molecule has 1 aliphatic rings. The van der Waals surface area contributed by atoms with Crippen LogP contribution in [-0.4, -0.2) is 64.0 Å². The normalized spacial score (nSPS) is 14.3. The van der Waals surface area contributed by atoms with Crippen LogP contribution in [0.15, 0.2) is 42.5 Å². The third-order valence-electron chi connectivity index (χ3n) is 5.73. The second-order valence-corrected chi connectivity index (χ2v) is 10.1. The van der Waals surface area contributed by atoms with Crippen LogP contribution in [0.4, 0.5) is 10.5 Å². The Bertz CT molecular complexity index is 1140. The van der Waals surface area contributed by atoms with Crippen molar-refractivity contribution in [2.75, 3.05) is 39.2 Å². The van der Waals surface area contributed by atoms with Crippen molar-refractivity contribution in [2.24, 2.45) is 5.92 Å². The van der Waals surface area contributed by atoms with Crippen molar-refractivity contribution in [1.82, 2.24) is 14.3 Å². The van der Waals surface area contributed by atoms with E-state index in [9.17, 15) is 18.0 Å². The van der Waals surface area contributed by atoms with E-state index >= 15 is 0 Å². The number of hydrogen-bond acceptors (Lipinski definition) is 6. The maximum Gasteiger partial charge on any atom is 0.333 e. The second kappa shape index (κ2) is 13.3. The number of carbonyl (C=O) groups is 2. The van der Waals surface area contributed by atoms with Crippen LogP contribution in [-0.2, 0) is 10.2 Å². The Morgan fingerprint density at radius 3 is 2.33 bits per heavy atom. The molecule has 3 rings (SSSR count). The fraction of sp³-hybridized carbons (Fsp3) is 0.391. The zero-order valence-electron chi connectivity index (χ0n) is 20.0. The lowest BCUT2D eigenvalue weighted by Gasteiger charge is -2.31. The molecule has 0 aliphatic carbocycles. The summed E-state index contributed by atoms with van der Waals surface area (Å²) in [5, 5.41) is 5.80. The third-order valence-corrected chi connectivity index (χ3v) is 7.45. The van der Waals surface area contributed by atoms with E-state index < -0.39 is 16.2 Å². The van der Waals surface area contributed by atoms with Crippen LogP contribution in [0, 0.1) is 5.92 Å². The Hall–Kier alpha value is -3.06. The van der Waals surface area contributed by atoms with Gasteiger partial charge in [-0.25, -0.2) is 9.52 Å². The first-order chi connectivity index (χ1) is 16.7. The monoisotopic (exact) mass is 542 g/mol. The number of piperidine rings is 1. The highest BCUT2D eigenvalue weighted by Crippen LogP contribution is 2.24. The Kier molecular flexibility index (Phi) is 10.8. The molecule has 2 aromatic rings. The molecule has 198 valence electrons. The minimum absolute atomic E-state index is 0. The van der Waals surface area contributed by atoms with E-state index in [2.05, 4.69) is 10.6 Å². The van der Waals surface area contributed by atoms with E-state index in [1.54, 1.807) is 42.5 Å². The largest absolute Gasteiger partial charge is 0.497 e. The Balaban J connectivity index is 0.00000456. The van der Waals surface area contributed by atoms with Crippen LogP contribution in [0.3, 0.4) is 0 Å². The fourth-order valence-corrected chi connectivity index (χ4v) is 5.07. The summed E-state index contributed by atoms with van der Waals surface area (Å²) in [6.45, 7) is 1.01. The van der Waals surface area contributed by atoms with Gasteiger partial charge >= 0.3 is 16.2 Å². The molecule has 0 unspecified atom stereocenters. The van der Waals surface area contributed by atoms with Crippen molar-refractivity contribution >= 4 is 39.4 Å². The third kappa shape index (κ3) is 7.98. The van der Waals surface area contributed by atoms with E-state index in [1.165, 1.54) is 18.5 Å². The molecule has 0 spiro atoms. The molecule has 1 fully saturated rings. The van der Waals surface area contributed by atoms with E-state index in [0.717, 1.165) is 0 Å². The van der Waals surface area contributed by atoms with Crippen LogP contribution in [0.1, 0.15) is 29.6 Å². The van der Waals surface area contributed by atoms with Gasteiger partial charge in [-0.2, -0.15) is 12.7 Å². The lowest BCUT2D eigenvalue weighted by atomic mass is 9.95. The minimum Gasteiger partial charge on any atom is -0.497 e. The molecule has 3 amide bonds. The standard InChI is InChI=1S/C23H29ClN4O6S.H2O/c1-33-19-6-4-18(5-7-19)26-23(30)27-35(31,32)28-13-10-16(11-14-28)9-12-25-22(29)20-15-17(24)3-8-21(20)34-2;/h3-8,15-16H,9-14H2,1-2H3,(H,25,29)(H2,26,27,30);1H2. The molecule has 0 bridgehead atoms. The maximum atomic E-state index is 12.6. The molecular formula is C23H31ClN4O7S. The summed E-state index contributed by atoms with van der Waals surface area (Å²) < 4.78 is 38.8. The topological polar surface area (TPSA) is 158 Å². The van der Waals surface area contributed by atoms with Gasteiger partial charge < -0.3 is 25.6 Å². The van der Waals surface area contributed by atoms with E-state index in [0.29, 0.717) is 53.6 Å². The number of hydrogen-bond donors (Lipinski definition) is 3. The van der Waals surface area contributed by atoms with Crippen molar-refractivity contribution in [3.63, 3.8) is 0 Å². The van der Waals surface area contributed by atoms with Gasteiger partial charge in [0.15, 0.2) is 0 Å². The summed E-state index contributed by atoms with van der Waals surface area (Å²) in [7, 11) is -0.957. The zero-order valence-corrected chi connectivity index (χ0v) is 21.6. The number of amides is 3. The van der Waals surface area contributed by atoms with Gasteiger partial charge in [0.2, 0.25) is 0 Å². The van der Waals surface area contributed by atoms with Gasteiger partial charge in [0, 0.05) is 30.3 Å². The van der Waals surface area contributed by atoms with Gasteiger partial charge in [-0.1, -0.05) is 11.6 Å². The number of rotatable bonds is 9. The van der Waals surface area contributed by atoms with Gasteiger partial charge in [0.05, 0.1) is 19.8 Å². The number of halogens is 1. The highest BCUT2D eigenvalue weighted by Gasteiger charge is 2.29. The molecule has 1 heterocycles. The first-order valence-corrected chi connectivity index (χ1v) is 12.9. The van der Waals surface area contributed by atoms with Crippen molar-refractivity contribution in [3.8, 4) is 11.5 Å². The van der Waals surface area contributed by atoms with Gasteiger partial charge in [0.1, 0.15) is 11.5 Å². The quantitative estimate of drug-likeness (QED) is 0.441. The molecule has 11 nitrogen and oxygen atoms in total. The maximum absolute atomic E-state index is 12.6. The number of anilines is 1. The number of nitrogens with zero attached hydrogens (tertiary/aromatic N) is 1. The first kappa shape index (κ1) is 29.2. The van der Waals surface area contributed by atoms with Crippen molar-refractivity contribution in [3.05, 3.63) is 53.1 Å². The fourth-order valence-electron chi connectivity index (χ4n) is 3.79. The van der Waals surface area contributed by atoms with Gasteiger partial charge in [0.25, 0.3) is 5.91 Å². The molecule has 0 aromatic heterocycles. The van der Waals surface area contributed by atoms with Crippen molar-refractivity contribution < 1.29 is 33.0 Å². The Labute approximate surface area is 215 Å². The molecule has 0 atom stereocenters. The summed E-state index contributed by atoms with van der Waals surface area (Å²) in [4.78, 5) is 24.6. The number of benzene rings is 2. The number of ether oxygens (including phenoxy) is 2. The molecular weight excluding hydrogens is 512 g/mol. The number of urea groups is 1. The zero-order chi connectivity index (χ0) is 25.4. The summed E-state index contributed by atoms with van der Waals surface area (Å²) in [6, 6.07) is 10.5. The highest BCUT2D eigenvalue weighted by molar-refractivity contribution is 7.87. The molecule has 5 N–H and O–H groups in total. The summed E-state index contributed by atoms with van der Waals surface area (Å²) in [6.07, 6.45) is 1.95. The Morgan fingerprint density at radius 2 is 1.72 bits per heavy atom. The van der Waals surface area contributed by atoms with Crippen LogP contribution >= 0.6 is 11.6 Å². The number of methoxy groups -OCH3 is 2. The lowest BCUT2D eigenvalue weighted by Crippen LogP contribution is -2.48. The SMILES string of the molecule is COc1ccc(NC(=O)NS(=O)(=O)N2CCC(CCNC(=O)c3cc(Cl)ccc3OC)CC2)cc1.O. The average molecular weight is 543 g/mol. The molecule has 0 radical (unpaired) electrons. The van der Waals surface area contributed by atoms with Gasteiger partial charge in [-0.05, 0) is 67.6 Å². The molecule has 13 heteroatoms. The van der Waals surface area contributed by atoms with Crippen molar-refractivity contribution in [1.29, 1.82) is 0 Å². The van der Waals surface area contributed by atoms with E-state index in [4.69, 9.17) is 21.1 Å². The predicted octanol–water partition coefficient (Wildman–Crippen LogP) is 2.43. The van der Waals surface area contributed by atoms with E-state index in [-0.39, 0.29) is 30.4 Å². The summed E-state index contributed by atoms with van der Waals surface area (Å²) in [5.74, 6) is 1.02. The minimum atomic E-state index is -3.97. The molecule has 0 saturated carbocycles.